The molecule has 2 aromatic carbocycles. The Morgan fingerprint density at radius 2 is 1.71 bits per heavy atom. The normalized spacial score (nSPS) is 10.9. The second-order valence-corrected chi connectivity index (χ2v) is 5.52. The van der Waals surface area contributed by atoms with Crippen molar-refractivity contribution in [3.8, 4) is 11.1 Å². The zero-order valence-corrected chi connectivity index (χ0v) is 11.7. The van der Waals surface area contributed by atoms with Gasteiger partial charge in [-0.25, -0.2) is 4.39 Å². The molecule has 0 bridgehead atoms. The molecule has 4 heteroatoms. The molecule has 2 rings (SSSR count). The van der Waals surface area contributed by atoms with E-state index in [9.17, 15) is 4.39 Å². The van der Waals surface area contributed by atoms with E-state index < -0.39 is 4.84 Å². The Kier molecular flexibility index (Phi) is 4.08. The molecule has 0 nitrogen and oxygen atoms in total. The van der Waals surface area contributed by atoms with E-state index in [1.54, 1.807) is 30.3 Å². The van der Waals surface area contributed by atoms with Crippen LogP contribution in [0.3, 0.4) is 0 Å². The molecule has 0 saturated carbocycles. The lowest BCUT2D eigenvalue weighted by molar-refractivity contribution is 0.631. The van der Waals surface area contributed by atoms with Crippen LogP contribution in [0.4, 0.5) is 4.39 Å². The number of rotatable bonds is 2. The largest absolute Gasteiger partial charge is 0.206 e. The van der Waals surface area contributed by atoms with Crippen LogP contribution in [0.1, 0.15) is 10.4 Å². The molecule has 0 aliphatic heterocycles. The van der Waals surface area contributed by atoms with E-state index in [0.29, 0.717) is 16.7 Å². The van der Waals surface area contributed by atoms with E-state index in [1.165, 1.54) is 6.07 Å². The highest BCUT2D eigenvalue weighted by Gasteiger charge is 2.14. The Morgan fingerprint density at radius 3 is 2.35 bits per heavy atom. The lowest BCUT2D eigenvalue weighted by Gasteiger charge is -2.11. The van der Waals surface area contributed by atoms with E-state index in [-0.39, 0.29) is 5.82 Å². The summed E-state index contributed by atoms with van der Waals surface area (Å²) in [4.78, 5) is -0.692. The summed E-state index contributed by atoms with van der Waals surface area (Å²) in [6.45, 7) is 0. The molecule has 0 fully saturated rings. The zero-order valence-electron chi connectivity index (χ0n) is 8.63. The first kappa shape index (κ1) is 12.9. The first-order valence-electron chi connectivity index (χ1n) is 4.92. The zero-order chi connectivity index (χ0) is 12.4. The van der Waals surface area contributed by atoms with Crippen LogP contribution in [0.2, 0.25) is 0 Å². The van der Waals surface area contributed by atoms with Gasteiger partial charge >= 0.3 is 0 Å². The molecule has 0 aliphatic rings. The van der Waals surface area contributed by atoms with Gasteiger partial charge in [0.05, 0.1) is 0 Å². The average molecular weight is 334 g/mol. The van der Waals surface area contributed by atoms with Gasteiger partial charge < -0.3 is 0 Å². The van der Waals surface area contributed by atoms with Gasteiger partial charge in [0.25, 0.3) is 0 Å². The predicted octanol–water partition coefficient (Wildman–Crippen LogP) is 5.73. The summed E-state index contributed by atoms with van der Waals surface area (Å²) in [7, 11) is 0. The molecule has 0 amide bonds. The SMILES string of the molecule is Fc1ccccc1-c1ccc(Br)cc1C(Cl)Cl. The standard InChI is InChI=1S/C13H8BrCl2F/c14-8-5-6-9(11(7-8)13(15)16)10-3-1-2-4-12(10)17/h1-7,13H. The van der Waals surface area contributed by atoms with Crippen LogP contribution in [0.25, 0.3) is 11.1 Å². The molecule has 17 heavy (non-hydrogen) atoms. The number of alkyl halides is 2. The van der Waals surface area contributed by atoms with Gasteiger partial charge in [0.15, 0.2) is 0 Å². The highest BCUT2D eigenvalue weighted by atomic mass is 79.9. The van der Waals surface area contributed by atoms with Crippen LogP contribution < -0.4 is 0 Å². The molecule has 0 radical (unpaired) electrons. The lowest BCUT2D eigenvalue weighted by atomic mass is 10.0. The van der Waals surface area contributed by atoms with Gasteiger partial charge in [-0.2, -0.15) is 0 Å². The third kappa shape index (κ3) is 2.82. The molecule has 0 atom stereocenters. The molecule has 2 aromatic rings. The van der Waals surface area contributed by atoms with E-state index in [0.717, 1.165) is 4.47 Å². The second kappa shape index (κ2) is 5.38. The maximum atomic E-state index is 13.7. The second-order valence-electron chi connectivity index (χ2n) is 3.51. The fourth-order valence-electron chi connectivity index (χ4n) is 1.64. The van der Waals surface area contributed by atoms with Crippen LogP contribution in [-0.4, -0.2) is 0 Å². The summed E-state index contributed by atoms with van der Waals surface area (Å²) in [6.07, 6.45) is 0. The Morgan fingerprint density at radius 1 is 1.00 bits per heavy atom. The fourth-order valence-corrected chi connectivity index (χ4v) is 2.38. The van der Waals surface area contributed by atoms with Crippen molar-refractivity contribution in [2.45, 2.75) is 4.84 Å². The third-order valence-electron chi connectivity index (χ3n) is 2.41. The maximum absolute atomic E-state index is 13.7. The topological polar surface area (TPSA) is 0 Å². The Balaban J connectivity index is 2.63. The van der Waals surface area contributed by atoms with Crippen molar-refractivity contribution in [1.82, 2.24) is 0 Å². The maximum Gasteiger partial charge on any atom is 0.133 e. The minimum Gasteiger partial charge on any atom is -0.206 e. The minimum atomic E-state index is -0.692. The third-order valence-corrected chi connectivity index (χ3v) is 3.38. The number of benzene rings is 2. The molecular formula is C13H8BrCl2F. The minimum absolute atomic E-state index is 0.287. The quantitative estimate of drug-likeness (QED) is 0.615. The van der Waals surface area contributed by atoms with Gasteiger partial charge in [-0.1, -0.05) is 40.2 Å². The van der Waals surface area contributed by atoms with Crippen LogP contribution in [0, 0.1) is 5.82 Å². The molecule has 0 aliphatic carbocycles. The Hall–Kier alpha value is -0.570. The molecule has 0 N–H and O–H groups in total. The van der Waals surface area contributed by atoms with E-state index in [1.807, 2.05) is 6.07 Å². The number of hydrogen-bond acceptors (Lipinski definition) is 0. The van der Waals surface area contributed by atoms with E-state index >= 15 is 0 Å². The van der Waals surface area contributed by atoms with Gasteiger partial charge in [0, 0.05) is 10.0 Å². The van der Waals surface area contributed by atoms with Crippen LogP contribution in [-0.2, 0) is 0 Å². The van der Waals surface area contributed by atoms with Crippen LogP contribution in [0.5, 0.6) is 0 Å². The highest BCUT2D eigenvalue weighted by Crippen LogP contribution is 2.36. The van der Waals surface area contributed by atoms with E-state index in [2.05, 4.69) is 15.9 Å². The van der Waals surface area contributed by atoms with Crippen molar-refractivity contribution < 1.29 is 4.39 Å². The first-order valence-corrected chi connectivity index (χ1v) is 6.58. The van der Waals surface area contributed by atoms with Gasteiger partial charge in [0.1, 0.15) is 10.7 Å². The van der Waals surface area contributed by atoms with Crippen molar-refractivity contribution in [2.24, 2.45) is 0 Å². The number of hydrogen-bond donors (Lipinski definition) is 0. The Labute approximate surface area is 117 Å². The predicted molar refractivity (Wildman–Crippen MR) is 74.0 cm³/mol. The molecule has 0 spiro atoms. The highest BCUT2D eigenvalue weighted by molar-refractivity contribution is 9.10. The summed E-state index contributed by atoms with van der Waals surface area (Å²) in [5, 5.41) is 0. The lowest BCUT2D eigenvalue weighted by Crippen LogP contribution is -1.91. The van der Waals surface area contributed by atoms with Crippen molar-refractivity contribution in [3.63, 3.8) is 0 Å². The van der Waals surface area contributed by atoms with Crippen molar-refractivity contribution >= 4 is 39.1 Å². The first-order chi connectivity index (χ1) is 8.09. The molecular weight excluding hydrogens is 326 g/mol. The van der Waals surface area contributed by atoms with Crippen molar-refractivity contribution in [3.05, 3.63) is 58.3 Å². The monoisotopic (exact) mass is 332 g/mol. The summed E-state index contributed by atoms with van der Waals surface area (Å²) >= 11 is 15.2. The summed E-state index contributed by atoms with van der Waals surface area (Å²) in [5.41, 5.74) is 1.90. The van der Waals surface area contributed by atoms with Crippen LogP contribution in [0.15, 0.2) is 46.9 Å². The van der Waals surface area contributed by atoms with Crippen LogP contribution >= 0.6 is 39.1 Å². The molecule has 0 aromatic heterocycles. The van der Waals surface area contributed by atoms with Gasteiger partial charge in [-0.05, 0) is 29.3 Å². The fraction of sp³-hybridized carbons (Fsp3) is 0.0769. The van der Waals surface area contributed by atoms with Gasteiger partial charge in [-0.15, -0.1) is 23.2 Å². The summed E-state index contributed by atoms with van der Waals surface area (Å²) < 4.78 is 14.6. The van der Waals surface area contributed by atoms with Gasteiger partial charge in [-0.3, -0.25) is 0 Å². The Bertz CT molecular complexity index is 541. The molecule has 0 unspecified atom stereocenters. The van der Waals surface area contributed by atoms with Crippen molar-refractivity contribution in [2.75, 3.05) is 0 Å². The summed E-state index contributed by atoms with van der Waals surface area (Å²) in [6, 6.07) is 12.0. The molecule has 0 saturated heterocycles. The smallest absolute Gasteiger partial charge is 0.133 e. The average Bonchev–Trinajstić information content (AvgIpc) is 2.30. The van der Waals surface area contributed by atoms with Crippen molar-refractivity contribution in [1.29, 1.82) is 0 Å². The summed E-state index contributed by atoms with van der Waals surface area (Å²) in [5.74, 6) is -0.287. The molecule has 0 heterocycles. The van der Waals surface area contributed by atoms with Gasteiger partial charge in [0.2, 0.25) is 0 Å². The molecule has 88 valence electrons. The van der Waals surface area contributed by atoms with E-state index in [4.69, 9.17) is 23.2 Å². The number of halogens is 4.